The van der Waals surface area contributed by atoms with Crippen molar-refractivity contribution < 1.29 is 19.1 Å². The molecule has 0 spiro atoms. The Morgan fingerprint density at radius 3 is 2.36 bits per heavy atom. The van der Waals surface area contributed by atoms with E-state index in [9.17, 15) is 9.59 Å². The van der Waals surface area contributed by atoms with Gasteiger partial charge in [-0.1, -0.05) is 6.07 Å². The molecule has 1 heterocycles. The number of ether oxygens (including phenoxy) is 2. The van der Waals surface area contributed by atoms with Crippen LogP contribution in [0.25, 0.3) is 0 Å². The first-order valence-corrected chi connectivity index (χ1v) is 8.27. The molecule has 1 amide bonds. The summed E-state index contributed by atoms with van der Waals surface area (Å²) in [5, 5.41) is 0. The Hall–Kier alpha value is -2.82. The standard InChI is InChI=1S/C20H21NO4/c1-24-16-10-8-14(9-11-16)19(22)18-7-4-12-21(18)20(23)15-5-3-6-17(13-15)25-2/h3,5-6,8-11,13,18H,4,7,12H2,1-2H3. The normalized spacial score (nSPS) is 16.6. The van der Waals surface area contributed by atoms with Crippen LogP contribution in [0.5, 0.6) is 11.5 Å². The minimum Gasteiger partial charge on any atom is -0.497 e. The lowest BCUT2D eigenvalue weighted by Crippen LogP contribution is -2.40. The van der Waals surface area contributed by atoms with Crippen LogP contribution in [0, 0.1) is 0 Å². The van der Waals surface area contributed by atoms with Crippen molar-refractivity contribution in [2.45, 2.75) is 18.9 Å². The molecule has 130 valence electrons. The fourth-order valence-electron chi connectivity index (χ4n) is 3.15. The molecule has 1 atom stereocenters. The average Bonchev–Trinajstić information content (AvgIpc) is 3.16. The quantitative estimate of drug-likeness (QED) is 0.785. The minimum absolute atomic E-state index is 0.0311. The number of ketones is 1. The van der Waals surface area contributed by atoms with E-state index in [0.29, 0.717) is 35.6 Å². The maximum absolute atomic E-state index is 12.9. The molecule has 1 aliphatic rings. The number of benzene rings is 2. The van der Waals surface area contributed by atoms with E-state index >= 15 is 0 Å². The summed E-state index contributed by atoms with van der Waals surface area (Å²) in [4.78, 5) is 27.4. The van der Waals surface area contributed by atoms with Gasteiger partial charge in [-0.25, -0.2) is 0 Å². The van der Waals surface area contributed by atoms with Crippen molar-refractivity contribution in [2.75, 3.05) is 20.8 Å². The molecule has 2 aromatic rings. The zero-order chi connectivity index (χ0) is 17.8. The zero-order valence-electron chi connectivity index (χ0n) is 14.4. The zero-order valence-corrected chi connectivity index (χ0v) is 14.4. The number of amides is 1. The van der Waals surface area contributed by atoms with Crippen molar-refractivity contribution in [3.8, 4) is 11.5 Å². The predicted molar refractivity (Wildman–Crippen MR) is 94.4 cm³/mol. The Labute approximate surface area is 147 Å². The molecule has 1 unspecified atom stereocenters. The van der Waals surface area contributed by atoms with Gasteiger partial charge in [0, 0.05) is 17.7 Å². The lowest BCUT2D eigenvalue weighted by atomic mass is 10.0. The number of carbonyl (C=O) groups excluding carboxylic acids is 2. The molecule has 0 radical (unpaired) electrons. The largest absolute Gasteiger partial charge is 0.497 e. The van der Waals surface area contributed by atoms with Gasteiger partial charge in [-0.2, -0.15) is 0 Å². The molecule has 2 aromatic carbocycles. The summed E-state index contributed by atoms with van der Waals surface area (Å²) in [7, 11) is 3.15. The SMILES string of the molecule is COc1ccc(C(=O)C2CCCN2C(=O)c2cccc(OC)c2)cc1. The van der Waals surface area contributed by atoms with Gasteiger partial charge >= 0.3 is 0 Å². The average molecular weight is 339 g/mol. The molecule has 0 saturated carbocycles. The van der Waals surface area contributed by atoms with Gasteiger partial charge in [-0.05, 0) is 55.3 Å². The summed E-state index contributed by atoms with van der Waals surface area (Å²) in [6, 6.07) is 13.6. The third kappa shape index (κ3) is 3.50. The fourth-order valence-corrected chi connectivity index (χ4v) is 3.15. The van der Waals surface area contributed by atoms with Crippen molar-refractivity contribution in [2.24, 2.45) is 0 Å². The smallest absolute Gasteiger partial charge is 0.254 e. The summed E-state index contributed by atoms with van der Waals surface area (Å²) in [6.45, 7) is 0.586. The predicted octanol–water partition coefficient (Wildman–Crippen LogP) is 3.19. The Kier molecular flexibility index (Phi) is 5.03. The molecular formula is C20H21NO4. The highest BCUT2D eigenvalue weighted by Crippen LogP contribution is 2.25. The molecule has 0 N–H and O–H groups in total. The van der Waals surface area contributed by atoms with E-state index in [-0.39, 0.29) is 11.7 Å². The van der Waals surface area contributed by atoms with Crippen LogP contribution in [0.4, 0.5) is 0 Å². The summed E-state index contributed by atoms with van der Waals surface area (Å²) in [5.41, 5.74) is 1.13. The van der Waals surface area contributed by atoms with Crippen LogP contribution in [0.2, 0.25) is 0 Å². The first kappa shape index (κ1) is 17.0. The summed E-state index contributed by atoms with van der Waals surface area (Å²) >= 11 is 0. The van der Waals surface area contributed by atoms with E-state index in [2.05, 4.69) is 0 Å². The van der Waals surface area contributed by atoms with Crippen LogP contribution in [0.1, 0.15) is 33.6 Å². The third-order valence-electron chi connectivity index (χ3n) is 4.51. The molecule has 5 heteroatoms. The Balaban J connectivity index is 1.81. The van der Waals surface area contributed by atoms with E-state index in [1.807, 2.05) is 0 Å². The van der Waals surface area contributed by atoms with Crippen LogP contribution >= 0.6 is 0 Å². The van der Waals surface area contributed by atoms with Crippen LogP contribution in [0.15, 0.2) is 48.5 Å². The van der Waals surface area contributed by atoms with Gasteiger partial charge in [0.2, 0.25) is 0 Å². The molecule has 5 nitrogen and oxygen atoms in total. The van der Waals surface area contributed by atoms with E-state index < -0.39 is 6.04 Å². The third-order valence-corrected chi connectivity index (χ3v) is 4.51. The van der Waals surface area contributed by atoms with Crippen LogP contribution in [-0.4, -0.2) is 43.4 Å². The van der Waals surface area contributed by atoms with Gasteiger partial charge in [0.05, 0.1) is 20.3 Å². The molecule has 1 fully saturated rings. The number of nitrogens with zero attached hydrogens (tertiary/aromatic N) is 1. The van der Waals surface area contributed by atoms with Crippen molar-refractivity contribution in [1.82, 2.24) is 4.90 Å². The first-order valence-electron chi connectivity index (χ1n) is 8.27. The minimum atomic E-state index is -0.424. The van der Waals surface area contributed by atoms with Gasteiger partial charge in [0.1, 0.15) is 11.5 Å². The molecule has 0 aliphatic carbocycles. The van der Waals surface area contributed by atoms with Gasteiger partial charge in [-0.3, -0.25) is 9.59 Å². The van der Waals surface area contributed by atoms with Crippen LogP contribution in [0.3, 0.4) is 0 Å². The highest BCUT2D eigenvalue weighted by atomic mass is 16.5. The van der Waals surface area contributed by atoms with Crippen molar-refractivity contribution in [1.29, 1.82) is 0 Å². The number of carbonyl (C=O) groups is 2. The number of likely N-dealkylation sites (tertiary alicyclic amines) is 1. The van der Waals surface area contributed by atoms with Crippen molar-refractivity contribution in [3.05, 3.63) is 59.7 Å². The molecular weight excluding hydrogens is 318 g/mol. The highest BCUT2D eigenvalue weighted by Gasteiger charge is 2.35. The van der Waals surface area contributed by atoms with Gasteiger partial charge in [0.25, 0.3) is 5.91 Å². The molecule has 0 bridgehead atoms. The topological polar surface area (TPSA) is 55.8 Å². The maximum Gasteiger partial charge on any atom is 0.254 e. The number of hydrogen-bond donors (Lipinski definition) is 0. The molecule has 1 saturated heterocycles. The molecule has 0 aromatic heterocycles. The number of hydrogen-bond acceptors (Lipinski definition) is 4. The highest BCUT2D eigenvalue weighted by molar-refractivity contribution is 6.04. The molecule has 25 heavy (non-hydrogen) atoms. The first-order chi connectivity index (χ1) is 12.1. The number of Topliss-reactive ketones (excluding diaryl/α,β-unsaturated/α-hetero) is 1. The summed E-state index contributed by atoms with van der Waals surface area (Å²) in [6.07, 6.45) is 1.50. The number of rotatable bonds is 5. The maximum atomic E-state index is 12.9. The number of methoxy groups -OCH3 is 2. The van der Waals surface area contributed by atoms with Crippen LogP contribution in [-0.2, 0) is 0 Å². The Morgan fingerprint density at radius 1 is 0.960 bits per heavy atom. The lowest BCUT2D eigenvalue weighted by molar-refractivity contribution is 0.0671. The fraction of sp³-hybridized carbons (Fsp3) is 0.300. The second-order valence-corrected chi connectivity index (χ2v) is 5.98. The second kappa shape index (κ2) is 7.38. The van der Waals surface area contributed by atoms with E-state index in [0.717, 1.165) is 6.42 Å². The summed E-state index contributed by atoms with van der Waals surface area (Å²) in [5.74, 6) is 1.16. The molecule has 3 rings (SSSR count). The van der Waals surface area contributed by atoms with Crippen molar-refractivity contribution in [3.63, 3.8) is 0 Å². The molecule has 1 aliphatic heterocycles. The lowest BCUT2D eigenvalue weighted by Gasteiger charge is -2.24. The Morgan fingerprint density at radius 2 is 1.68 bits per heavy atom. The Bertz CT molecular complexity index is 770. The monoisotopic (exact) mass is 339 g/mol. The van der Waals surface area contributed by atoms with E-state index in [1.165, 1.54) is 0 Å². The van der Waals surface area contributed by atoms with Gasteiger partial charge in [0.15, 0.2) is 5.78 Å². The van der Waals surface area contributed by atoms with E-state index in [1.54, 1.807) is 67.7 Å². The summed E-state index contributed by atoms with van der Waals surface area (Å²) < 4.78 is 10.3. The van der Waals surface area contributed by atoms with Crippen LogP contribution < -0.4 is 9.47 Å². The van der Waals surface area contributed by atoms with Crippen molar-refractivity contribution >= 4 is 11.7 Å². The van der Waals surface area contributed by atoms with E-state index in [4.69, 9.17) is 9.47 Å². The second-order valence-electron chi connectivity index (χ2n) is 5.98. The van der Waals surface area contributed by atoms with Gasteiger partial charge in [-0.15, -0.1) is 0 Å². The van der Waals surface area contributed by atoms with Gasteiger partial charge < -0.3 is 14.4 Å².